The molecule has 8 heteroatoms. The van der Waals surface area contributed by atoms with Gasteiger partial charge in [0, 0.05) is 37.9 Å². The highest BCUT2D eigenvalue weighted by atomic mass is 32.1. The summed E-state index contributed by atoms with van der Waals surface area (Å²) in [6.07, 6.45) is 5.37. The van der Waals surface area contributed by atoms with Gasteiger partial charge in [-0.2, -0.15) is 5.10 Å². The maximum Gasteiger partial charge on any atom is 0.257 e. The van der Waals surface area contributed by atoms with Gasteiger partial charge in [0.2, 0.25) is 0 Å². The van der Waals surface area contributed by atoms with Gasteiger partial charge in [0.25, 0.3) is 5.91 Å². The zero-order chi connectivity index (χ0) is 16.7. The van der Waals surface area contributed by atoms with Crippen molar-refractivity contribution in [2.75, 3.05) is 18.8 Å². The maximum absolute atomic E-state index is 12.6. The summed E-state index contributed by atoms with van der Waals surface area (Å²) in [5.74, 6) is 0.262. The third kappa shape index (κ3) is 2.73. The van der Waals surface area contributed by atoms with E-state index in [4.69, 9.17) is 5.73 Å². The van der Waals surface area contributed by atoms with Crippen molar-refractivity contribution < 1.29 is 4.79 Å². The minimum absolute atomic E-state index is 0.0341. The molecule has 2 N–H and O–H groups in total. The summed E-state index contributed by atoms with van der Waals surface area (Å²) in [6.45, 7) is 1.45. The maximum atomic E-state index is 12.6. The van der Waals surface area contributed by atoms with Gasteiger partial charge in [0.05, 0.1) is 16.5 Å². The van der Waals surface area contributed by atoms with Gasteiger partial charge >= 0.3 is 0 Å². The molecule has 7 nitrogen and oxygen atoms in total. The summed E-state index contributed by atoms with van der Waals surface area (Å²) in [4.78, 5) is 23.4. The minimum atomic E-state index is 0.0341. The zero-order valence-electron chi connectivity index (χ0n) is 13.3. The van der Waals surface area contributed by atoms with Crippen molar-refractivity contribution in [2.45, 2.75) is 18.8 Å². The van der Waals surface area contributed by atoms with Crippen LogP contribution in [0.5, 0.6) is 0 Å². The van der Waals surface area contributed by atoms with Crippen molar-refractivity contribution in [1.82, 2.24) is 24.6 Å². The Kier molecular flexibility index (Phi) is 3.68. The smallest absolute Gasteiger partial charge is 0.257 e. The van der Waals surface area contributed by atoms with Crippen LogP contribution in [0.1, 0.15) is 34.8 Å². The fourth-order valence-corrected chi connectivity index (χ4v) is 3.87. The first-order valence-electron chi connectivity index (χ1n) is 7.91. The topological polar surface area (TPSA) is 89.9 Å². The van der Waals surface area contributed by atoms with E-state index in [1.807, 2.05) is 24.1 Å². The lowest BCUT2D eigenvalue weighted by atomic mass is 9.94. The van der Waals surface area contributed by atoms with E-state index < -0.39 is 0 Å². The normalized spacial score (nSPS) is 18.2. The van der Waals surface area contributed by atoms with Crippen molar-refractivity contribution in [1.29, 1.82) is 0 Å². The number of anilines is 1. The monoisotopic (exact) mass is 342 g/mol. The van der Waals surface area contributed by atoms with Crippen LogP contribution in [0.2, 0.25) is 0 Å². The Morgan fingerprint density at radius 2 is 2.25 bits per heavy atom. The molecule has 0 radical (unpaired) electrons. The van der Waals surface area contributed by atoms with Crippen LogP contribution in [0.15, 0.2) is 24.5 Å². The number of carbonyl (C=O) groups is 1. The summed E-state index contributed by atoms with van der Waals surface area (Å²) in [5.41, 5.74) is 8.07. The number of amides is 1. The van der Waals surface area contributed by atoms with Crippen molar-refractivity contribution in [3.63, 3.8) is 0 Å². The molecule has 1 saturated heterocycles. The van der Waals surface area contributed by atoms with Gasteiger partial charge in [-0.15, -0.1) is 0 Å². The quantitative estimate of drug-likeness (QED) is 0.769. The van der Waals surface area contributed by atoms with Crippen LogP contribution in [0.4, 0.5) is 5.13 Å². The summed E-state index contributed by atoms with van der Waals surface area (Å²) < 4.78 is 2.65. The van der Waals surface area contributed by atoms with Gasteiger partial charge in [0.15, 0.2) is 10.8 Å². The second-order valence-electron chi connectivity index (χ2n) is 6.10. The number of aromatic nitrogens is 4. The first-order chi connectivity index (χ1) is 11.6. The van der Waals surface area contributed by atoms with Gasteiger partial charge < -0.3 is 10.6 Å². The molecule has 1 aliphatic rings. The van der Waals surface area contributed by atoms with Crippen LogP contribution >= 0.6 is 11.3 Å². The molecule has 0 spiro atoms. The van der Waals surface area contributed by atoms with Crippen molar-refractivity contribution in [3.05, 3.63) is 35.8 Å². The summed E-state index contributed by atoms with van der Waals surface area (Å²) in [6, 6.07) is 4.05. The Labute approximate surface area is 143 Å². The Morgan fingerprint density at radius 1 is 1.38 bits per heavy atom. The standard InChI is InChI=1S/C16H18N6OS/c1-21-8-11(7-18-21)15(23)22-6-2-3-10(9-22)12-4-5-13-14(19-12)20-16(17)24-13/h4-5,7-8,10H,2-3,6,9H2,1H3,(H2,17,19,20)/t10-/m0/s1. The predicted octanol–water partition coefficient (Wildman–Crippen LogP) is 2.03. The van der Waals surface area contributed by atoms with Crippen LogP contribution in [0.3, 0.4) is 0 Å². The predicted molar refractivity (Wildman–Crippen MR) is 92.9 cm³/mol. The van der Waals surface area contributed by atoms with E-state index in [1.54, 1.807) is 17.1 Å². The Balaban J connectivity index is 1.56. The molecule has 0 bridgehead atoms. The molecular formula is C16H18N6OS. The third-order valence-corrected chi connectivity index (χ3v) is 5.21. The number of aryl methyl sites for hydroxylation is 1. The molecular weight excluding hydrogens is 324 g/mol. The van der Waals surface area contributed by atoms with E-state index in [0.717, 1.165) is 29.8 Å². The number of thiazole rings is 1. The highest BCUT2D eigenvalue weighted by Crippen LogP contribution is 2.29. The lowest BCUT2D eigenvalue weighted by molar-refractivity contribution is 0.0706. The number of hydrogen-bond acceptors (Lipinski definition) is 6. The van der Waals surface area contributed by atoms with Crippen LogP contribution in [0.25, 0.3) is 10.3 Å². The molecule has 0 aliphatic carbocycles. The molecule has 3 aromatic heterocycles. The summed E-state index contributed by atoms with van der Waals surface area (Å²) in [5, 5.41) is 4.62. The van der Waals surface area contributed by atoms with Gasteiger partial charge in [0.1, 0.15) is 0 Å². The molecule has 124 valence electrons. The van der Waals surface area contributed by atoms with Crippen LogP contribution in [-0.4, -0.2) is 43.6 Å². The van der Waals surface area contributed by atoms with Crippen molar-refractivity contribution in [3.8, 4) is 0 Å². The summed E-state index contributed by atoms with van der Waals surface area (Å²) >= 11 is 1.44. The second kappa shape index (κ2) is 5.86. The minimum Gasteiger partial charge on any atom is -0.375 e. The number of likely N-dealkylation sites (tertiary alicyclic amines) is 1. The van der Waals surface area contributed by atoms with E-state index in [1.165, 1.54) is 11.3 Å². The van der Waals surface area contributed by atoms with Gasteiger partial charge in [-0.3, -0.25) is 9.48 Å². The molecule has 4 heterocycles. The molecule has 4 rings (SSSR count). The molecule has 0 unspecified atom stereocenters. The number of pyridine rings is 1. The number of hydrogen-bond donors (Lipinski definition) is 1. The lowest BCUT2D eigenvalue weighted by Crippen LogP contribution is -2.39. The molecule has 1 fully saturated rings. The van der Waals surface area contributed by atoms with E-state index in [9.17, 15) is 4.79 Å². The van der Waals surface area contributed by atoms with Crippen molar-refractivity contribution in [2.24, 2.45) is 7.05 Å². The number of fused-ring (bicyclic) bond motifs is 1. The first-order valence-corrected chi connectivity index (χ1v) is 8.72. The zero-order valence-corrected chi connectivity index (χ0v) is 14.2. The van der Waals surface area contributed by atoms with Crippen molar-refractivity contribution >= 4 is 32.7 Å². The summed E-state index contributed by atoms with van der Waals surface area (Å²) in [7, 11) is 1.81. The van der Waals surface area contributed by atoms with E-state index in [0.29, 0.717) is 22.9 Å². The Morgan fingerprint density at radius 3 is 3.04 bits per heavy atom. The Hall–Kier alpha value is -2.48. The lowest BCUT2D eigenvalue weighted by Gasteiger charge is -2.32. The SMILES string of the molecule is Cn1cc(C(=O)N2CCC[C@H](c3ccc4sc(N)nc4n3)C2)cn1. The van der Waals surface area contributed by atoms with Gasteiger partial charge in [-0.1, -0.05) is 11.3 Å². The number of piperidine rings is 1. The van der Waals surface area contributed by atoms with E-state index >= 15 is 0 Å². The molecule has 0 aromatic carbocycles. The molecule has 1 atom stereocenters. The largest absolute Gasteiger partial charge is 0.375 e. The fourth-order valence-electron chi connectivity index (χ4n) is 3.19. The Bertz CT molecular complexity index is 901. The number of rotatable bonds is 2. The molecule has 24 heavy (non-hydrogen) atoms. The van der Waals surface area contributed by atoms with Gasteiger partial charge in [-0.05, 0) is 25.0 Å². The number of nitrogens with two attached hydrogens (primary N) is 1. The fraction of sp³-hybridized carbons (Fsp3) is 0.375. The molecule has 1 aliphatic heterocycles. The highest BCUT2D eigenvalue weighted by Gasteiger charge is 2.27. The van der Waals surface area contributed by atoms with E-state index in [-0.39, 0.29) is 11.8 Å². The molecule has 0 saturated carbocycles. The average molecular weight is 342 g/mol. The number of nitrogen functional groups attached to an aromatic ring is 1. The van der Waals surface area contributed by atoms with E-state index in [2.05, 4.69) is 15.1 Å². The average Bonchev–Trinajstić information content (AvgIpc) is 3.18. The van der Waals surface area contributed by atoms with Crippen LogP contribution in [0, 0.1) is 0 Å². The number of nitrogens with zero attached hydrogens (tertiary/aromatic N) is 5. The third-order valence-electron chi connectivity index (χ3n) is 4.37. The van der Waals surface area contributed by atoms with Crippen LogP contribution < -0.4 is 5.73 Å². The van der Waals surface area contributed by atoms with Gasteiger partial charge in [-0.25, -0.2) is 9.97 Å². The second-order valence-corrected chi connectivity index (χ2v) is 7.17. The first kappa shape index (κ1) is 15.1. The molecule has 1 amide bonds. The molecule has 3 aromatic rings. The highest BCUT2D eigenvalue weighted by molar-refractivity contribution is 7.21. The van der Waals surface area contributed by atoms with Crippen LogP contribution in [-0.2, 0) is 7.05 Å². The number of carbonyl (C=O) groups excluding carboxylic acids is 1.